The summed E-state index contributed by atoms with van der Waals surface area (Å²) in [5.74, 6) is 0. The topological polar surface area (TPSA) is 38.5 Å². The molecule has 0 aromatic rings. The Morgan fingerprint density at radius 2 is 2.12 bits per heavy atom. The third-order valence-corrected chi connectivity index (χ3v) is 4.03. The molecule has 1 fully saturated rings. The van der Waals surface area contributed by atoms with E-state index in [-0.39, 0.29) is 5.54 Å². The minimum atomic E-state index is 0.111. The van der Waals surface area contributed by atoms with Crippen LogP contribution < -0.4 is 5.73 Å². The third kappa shape index (κ3) is 3.44. The first-order chi connectivity index (χ1) is 7.64. The van der Waals surface area contributed by atoms with Crippen LogP contribution in [0.15, 0.2) is 0 Å². The van der Waals surface area contributed by atoms with Crippen LogP contribution in [0.2, 0.25) is 0 Å². The Bertz CT molecular complexity index is 198. The van der Waals surface area contributed by atoms with Crippen molar-refractivity contribution in [2.75, 3.05) is 26.8 Å². The van der Waals surface area contributed by atoms with Crippen LogP contribution in [0.3, 0.4) is 0 Å². The minimum absolute atomic E-state index is 0.111. The minimum Gasteiger partial charge on any atom is -0.385 e. The van der Waals surface area contributed by atoms with E-state index in [1.54, 1.807) is 7.11 Å². The zero-order valence-electron chi connectivity index (χ0n) is 11.2. The van der Waals surface area contributed by atoms with E-state index in [2.05, 4.69) is 18.7 Å². The van der Waals surface area contributed by atoms with E-state index in [1.807, 2.05) is 0 Å². The van der Waals surface area contributed by atoms with E-state index in [0.717, 1.165) is 19.6 Å². The highest BCUT2D eigenvalue weighted by molar-refractivity contribution is 4.91. The van der Waals surface area contributed by atoms with E-state index in [9.17, 15) is 0 Å². The Balaban J connectivity index is 2.66. The average Bonchev–Trinajstić information content (AvgIpc) is 2.51. The smallest absolute Gasteiger partial charge is 0.0480 e. The van der Waals surface area contributed by atoms with Gasteiger partial charge in [0.25, 0.3) is 0 Å². The molecule has 0 bridgehead atoms. The monoisotopic (exact) mass is 228 g/mol. The molecule has 0 aromatic carbocycles. The van der Waals surface area contributed by atoms with Gasteiger partial charge in [-0.2, -0.15) is 0 Å². The van der Waals surface area contributed by atoms with Crippen molar-refractivity contribution < 1.29 is 4.74 Å². The lowest BCUT2D eigenvalue weighted by molar-refractivity contribution is 0.0411. The van der Waals surface area contributed by atoms with Crippen LogP contribution in [0.4, 0.5) is 0 Å². The van der Waals surface area contributed by atoms with Crippen LogP contribution in [0.5, 0.6) is 0 Å². The Morgan fingerprint density at radius 1 is 1.38 bits per heavy atom. The van der Waals surface area contributed by atoms with Gasteiger partial charge in [-0.25, -0.2) is 0 Å². The molecule has 0 radical (unpaired) electrons. The molecule has 1 aliphatic heterocycles. The van der Waals surface area contributed by atoms with E-state index in [4.69, 9.17) is 10.5 Å². The molecule has 2 atom stereocenters. The van der Waals surface area contributed by atoms with Crippen LogP contribution in [0, 0.1) is 0 Å². The lowest BCUT2D eigenvalue weighted by Gasteiger charge is -2.43. The molecular weight excluding hydrogens is 200 g/mol. The maximum absolute atomic E-state index is 5.99. The summed E-state index contributed by atoms with van der Waals surface area (Å²) in [6, 6.07) is 0.660. The number of nitrogens with two attached hydrogens (primary N) is 1. The molecule has 3 nitrogen and oxygen atoms in total. The van der Waals surface area contributed by atoms with Crippen LogP contribution >= 0.6 is 0 Å². The summed E-state index contributed by atoms with van der Waals surface area (Å²) >= 11 is 0. The fraction of sp³-hybridized carbons (Fsp3) is 1.00. The highest BCUT2D eigenvalue weighted by atomic mass is 16.5. The fourth-order valence-corrected chi connectivity index (χ4v) is 2.76. The number of rotatable bonds is 5. The molecule has 0 aliphatic carbocycles. The van der Waals surface area contributed by atoms with Crippen molar-refractivity contribution >= 4 is 0 Å². The van der Waals surface area contributed by atoms with Crippen molar-refractivity contribution in [3.8, 4) is 0 Å². The lowest BCUT2D eigenvalue weighted by Crippen LogP contribution is -2.55. The van der Waals surface area contributed by atoms with Crippen molar-refractivity contribution in [1.29, 1.82) is 0 Å². The van der Waals surface area contributed by atoms with E-state index < -0.39 is 0 Å². The first-order valence-electron chi connectivity index (χ1n) is 6.60. The van der Waals surface area contributed by atoms with Gasteiger partial charge >= 0.3 is 0 Å². The average molecular weight is 228 g/mol. The van der Waals surface area contributed by atoms with Crippen molar-refractivity contribution in [2.45, 2.75) is 57.5 Å². The van der Waals surface area contributed by atoms with Gasteiger partial charge in [-0.1, -0.05) is 12.8 Å². The van der Waals surface area contributed by atoms with Gasteiger partial charge in [-0.3, -0.25) is 4.90 Å². The van der Waals surface area contributed by atoms with Gasteiger partial charge in [0.15, 0.2) is 0 Å². The lowest BCUT2D eigenvalue weighted by atomic mass is 9.93. The fourth-order valence-electron chi connectivity index (χ4n) is 2.76. The number of nitrogens with zero attached hydrogens (tertiary/aromatic N) is 1. The Kier molecular flexibility index (Phi) is 5.73. The molecule has 1 aliphatic rings. The largest absolute Gasteiger partial charge is 0.385 e. The van der Waals surface area contributed by atoms with Crippen LogP contribution in [0.25, 0.3) is 0 Å². The number of hydrogen-bond acceptors (Lipinski definition) is 3. The van der Waals surface area contributed by atoms with Gasteiger partial charge in [0.05, 0.1) is 0 Å². The van der Waals surface area contributed by atoms with Gasteiger partial charge < -0.3 is 10.5 Å². The Hall–Kier alpha value is -0.120. The first-order valence-corrected chi connectivity index (χ1v) is 6.60. The second kappa shape index (κ2) is 6.58. The number of hydrogen-bond donors (Lipinski definition) is 1. The summed E-state index contributed by atoms with van der Waals surface area (Å²) in [4.78, 5) is 2.61. The maximum atomic E-state index is 5.99. The molecule has 0 aromatic heterocycles. The highest BCUT2D eigenvalue weighted by Crippen LogP contribution is 2.27. The third-order valence-electron chi connectivity index (χ3n) is 4.03. The molecular formula is C13H28N2O. The summed E-state index contributed by atoms with van der Waals surface area (Å²) in [5.41, 5.74) is 6.11. The molecule has 2 N–H and O–H groups in total. The molecule has 1 heterocycles. The standard InChI is InChI=1S/C13H28N2O/c1-12-7-5-4-6-9-15(12)13(2,11-14)8-10-16-3/h12H,4-11,14H2,1-3H3. The normalized spacial score (nSPS) is 27.4. The molecule has 1 rings (SSSR count). The van der Waals surface area contributed by atoms with Gasteiger partial charge in [0.2, 0.25) is 0 Å². The Labute approximate surface area is 100 Å². The predicted octanol–water partition coefficient (Wildman–Crippen LogP) is 2.00. The SMILES string of the molecule is COCCC(C)(CN)N1CCCCCC1C. The van der Waals surface area contributed by atoms with Crippen molar-refractivity contribution in [2.24, 2.45) is 5.73 Å². The van der Waals surface area contributed by atoms with Crippen LogP contribution in [0.1, 0.15) is 46.0 Å². The maximum Gasteiger partial charge on any atom is 0.0480 e. The predicted molar refractivity (Wildman–Crippen MR) is 68.6 cm³/mol. The number of ether oxygens (including phenoxy) is 1. The van der Waals surface area contributed by atoms with Gasteiger partial charge in [0.1, 0.15) is 0 Å². The van der Waals surface area contributed by atoms with Crippen LogP contribution in [-0.4, -0.2) is 43.3 Å². The zero-order chi connectivity index (χ0) is 12.0. The molecule has 96 valence electrons. The van der Waals surface area contributed by atoms with Crippen molar-refractivity contribution in [3.05, 3.63) is 0 Å². The second-order valence-corrected chi connectivity index (χ2v) is 5.34. The molecule has 2 unspecified atom stereocenters. The molecule has 3 heteroatoms. The molecule has 1 saturated heterocycles. The summed E-state index contributed by atoms with van der Waals surface area (Å²) in [7, 11) is 1.77. The molecule has 0 amide bonds. The zero-order valence-corrected chi connectivity index (χ0v) is 11.2. The highest BCUT2D eigenvalue weighted by Gasteiger charge is 2.33. The number of methoxy groups -OCH3 is 1. The van der Waals surface area contributed by atoms with Crippen molar-refractivity contribution in [3.63, 3.8) is 0 Å². The van der Waals surface area contributed by atoms with E-state index in [1.165, 1.54) is 32.2 Å². The summed E-state index contributed by atoms with van der Waals surface area (Å²) in [5, 5.41) is 0. The summed E-state index contributed by atoms with van der Waals surface area (Å²) in [6.07, 6.45) is 6.38. The first kappa shape index (κ1) is 13.9. The van der Waals surface area contributed by atoms with Crippen LogP contribution in [-0.2, 0) is 4.74 Å². The van der Waals surface area contributed by atoms with Crippen molar-refractivity contribution in [1.82, 2.24) is 4.90 Å². The number of likely N-dealkylation sites (tertiary alicyclic amines) is 1. The quantitative estimate of drug-likeness (QED) is 0.782. The van der Waals surface area contributed by atoms with Gasteiger partial charge in [0, 0.05) is 31.8 Å². The van der Waals surface area contributed by atoms with E-state index in [0.29, 0.717) is 6.04 Å². The summed E-state index contributed by atoms with van der Waals surface area (Å²) in [6.45, 7) is 7.34. The van der Waals surface area contributed by atoms with E-state index >= 15 is 0 Å². The summed E-state index contributed by atoms with van der Waals surface area (Å²) < 4.78 is 5.21. The van der Waals surface area contributed by atoms with Gasteiger partial charge in [-0.15, -0.1) is 0 Å². The molecule has 0 saturated carbocycles. The Morgan fingerprint density at radius 3 is 2.75 bits per heavy atom. The molecule has 0 spiro atoms. The second-order valence-electron chi connectivity index (χ2n) is 5.34. The molecule has 16 heavy (non-hydrogen) atoms. The van der Waals surface area contributed by atoms with Gasteiger partial charge in [-0.05, 0) is 39.7 Å².